The maximum absolute atomic E-state index is 12.8. The summed E-state index contributed by atoms with van der Waals surface area (Å²) < 4.78 is 1.78. The number of hydrogen-bond acceptors (Lipinski definition) is 3. The van der Waals surface area contributed by atoms with Gasteiger partial charge in [-0.15, -0.1) is 0 Å². The molecule has 5 nitrogen and oxygen atoms in total. The van der Waals surface area contributed by atoms with E-state index in [1.165, 1.54) is 6.42 Å². The second kappa shape index (κ2) is 5.95. The molecule has 1 aromatic rings. The summed E-state index contributed by atoms with van der Waals surface area (Å²) in [5.74, 6) is 0.793. The number of nitrogens with zero attached hydrogens (tertiary/aromatic N) is 3. The highest BCUT2D eigenvalue weighted by molar-refractivity contribution is 5.96. The van der Waals surface area contributed by atoms with Gasteiger partial charge in [-0.1, -0.05) is 13.3 Å². The Balaban J connectivity index is 2.24. The number of piperidine rings is 1. The number of rotatable bonds is 3. The van der Waals surface area contributed by atoms with Gasteiger partial charge in [0.25, 0.3) is 5.91 Å². The molecule has 2 N–H and O–H groups in total. The predicted octanol–water partition coefficient (Wildman–Crippen LogP) is 1.63. The summed E-state index contributed by atoms with van der Waals surface area (Å²) in [5.41, 5.74) is 8.38. The molecule has 0 aliphatic carbocycles. The number of hydrogen-bond donors (Lipinski definition) is 1. The highest BCUT2D eigenvalue weighted by Crippen LogP contribution is 2.27. The molecule has 1 aliphatic rings. The van der Waals surface area contributed by atoms with E-state index in [0.29, 0.717) is 12.5 Å². The largest absolute Gasteiger partial charge is 0.334 e. The van der Waals surface area contributed by atoms with Crippen LogP contribution >= 0.6 is 0 Å². The average Bonchev–Trinajstić information content (AvgIpc) is 2.70. The maximum atomic E-state index is 12.8. The summed E-state index contributed by atoms with van der Waals surface area (Å²) in [6.45, 7) is 7.42. The van der Waals surface area contributed by atoms with E-state index in [0.717, 1.165) is 36.3 Å². The topological polar surface area (TPSA) is 64.2 Å². The first kappa shape index (κ1) is 15.0. The van der Waals surface area contributed by atoms with Crippen LogP contribution in [0.15, 0.2) is 0 Å². The molecule has 0 radical (unpaired) electrons. The Morgan fingerprint density at radius 1 is 1.45 bits per heavy atom. The number of carbonyl (C=O) groups is 1. The lowest BCUT2D eigenvalue weighted by Crippen LogP contribution is -2.49. The zero-order chi connectivity index (χ0) is 14.9. The molecule has 0 spiro atoms. The summed E-state index contributed by atoms with van der Waals surface area (Å²) in [6, 6.07) is 0.167. The van der Waals surface area contributed by atoms with Crippen LogP contribution in [0.2, 0.25) is 0 Å². The van der Waals surface area contributed by atoms with Crippen LogP contribution in [0.3, 0.4) is 0 Å². The van der Waals surface area contributed by atoms with Gasteiger partial charge in [0.15, 0.2) is 0 Å². The fraction of sp³-hybridized carbons (Fsp3) is 0.733. The Bertz CT molecular complexity index is 494. The van der Waals surface area contributed by atoms with Crippen molar-refractivity contribution in [3.05, 3.63) is 17.0 Å². The third-order valence-corrected chi connectivity index (χ3v) is 4.66. The zero-order valence-electron chi connectivity index (χ0n) is 13.0. The van der Waals surface area contributed by atoms with Gasteiger partial charge in [0.2, 0.25) is 0 Å². The number of carbonyl (C=O) groups excluding carboxylic acids is 1. The number of nitrogens with two attached hydrogens (primary N) is 1. The molecule has 1 fully saturated rings. The Morgan fingerprint density at radius 3 is 2.65 bits per heavy atom. The number of aromatic nitrogens is 2. The van der Waals surface area contributed by atoms with Gasteiger partial charge < -0.3 is 10.6 Å². The van der Waals surface area contributed by atoms with Crippen molar-refractivity contribution in [1.29, 1.82) is 0 Å². The van der Waals surface area contributed by atoms with E-state index in [4.69, 9.17) is 5.73 Å². The third-order valence-electron chi connectivity index (χ3n) is 4.66. The first-order valence-corrected chi connectivity index (χ1v) is 7.50. The van der Waals surface area contributed by atoms with Gasteiger partial charge in [-0.2, -0.15) is 5.10 Å². The molecule has 2 atom stereocenters. The van der Waals surface area contributed by atoms with Crippen LogP contribution in [0.25, 0.3) is 0 Å². The van der Waals surface area contributed by atoms with Gasteiger partial charge in [0, 0.05) is 31.9 Å². The molecule has 0 aromatic carbocycles. The van der Waals surface area contributed by atoms with Crippen LogP contribution in [0.1, 0.15) is 47.9 Å². The van der Waals surface area contributed by atoms with E-state index in [1.807, 2.05) is 25.8 Å². The van der Waals surface area contributed by atoms with Crippen LogP contribution in [0.5, 0.6) is 0 Å². The van der Waals surface area contributed by atoms with Crippen LogP contribution in [-0.2, 0) is 7.05 Å². The highest BCUT2D eigenvalue weighted by Gasteiger charge is 2.32. The van der Waals surface area contributed by atoms with E-state index in [9.17, 15) is 4.79 Å². The van der Waals surface area contributed by atoms with Crippen molar-refractivity contribution in [2.75, 3.05) is 13.1 Å². The standard InChI is InChI=1S/C15H26N4O/c1-5-12-6-7-19(13(8-12)9-16)15(20)14-10(2)17-18(4)11(14)3/h12-13H,5-9,16H2,1-4H3. The minimum atomic E-state index is 0.0955. The van der Waals surface area contributed by atoms with Crippen molar-refractivity contribution < 1.29 is 4.79 Å². The molecule has 1 aliphatic heterocycles. The normalized spacial score (nSPS) is 23.1. The second-order valence-corrected chi connectivity index (χ2v) is 5.86. The van der Waals surface area contributed by atoms with Gasteiger partial charge in [-0.25, -0.2) is 0 Å². The van der Waals surface area contributed by atoms with Crippen molar-refractivity contribution in [1.82, 2.24) is 14.7 Å². The second-order valence-electron chi connectivity index (χ2n) is 5.86. The third kappa shape index (κ3) is 2.59. The number of amides is 1. The molecule has 1 aromatic heterocycles. The van der Waals surface area contributed by atoms with Gasteiger partial charge >= 0.3 is 0 Å². The Labute approximate surface area is 121 Å². The minimum absolute atomic E-state index is 0.0955. The van der Waals surface area contributed by atoms with Crippen molar-refractivity contribution in [2.45, 2.75) is 46.1 Å². The monoisotopic (exact) mass is 278 g/mol. The van der Waals surface area contributed by atoms with Crippen molar-refractivity contribution >= 4 is 5.91 Å². The van der Waals surface area contributed by atoms with E-state index in [2.05, 4.69) is 12.0 Å². The lowest BCUT2D eigenvalue weighted by Gasteiger charge is -2.39. The van der Waals surface area contributed by atoms with Gasteiger partial charge in [0.1, 0.15) is 0 Å². The fourth-order valence-electron chi connectivity index (χ4n) is 3.22. The summed E-state index contributed by atoms with van der Waals surface area (Å²) in [4.78, 5) is 14.8. The molecule has 0 saturated carbocycles. The van der Waals surface area contributed by atoms with Crippen LogP contribution in [0.4, 0.5) is 0 Å². The van der Waals surface area contributed by atoms with E-state index < -0.39 is 0 Å². The lowest BCUT2D eigenvalue weighted by atomic mass is 9.88. The number of aryl methyl sites for hydroxylation is 2. The molecule has 1 amide bonds. The molecule has 112 valence electrons. The van der Waals surface area contributed by atoms with Crippen molar-refractivity contribution in [3.8, 4) is 0 Å². The molecule has 20 heavy (non-hydrogen) atoms. The van der Waals surface area contributed by atoms with E-state index in [1.54, 1.807) is 4.68 Å². The maximum Gasteiger partial charge on any atom is 0.257 e. The summed E-state index contributed by atoms with van der Waals surface area (Å²) in [5, 5.41) is 4.35. The molecule has 0 bridgehead atoms. The Kier molecular flexibility index (Phi) is 4.48. The van der Waals surface area contributed by atoms with Crippen LogP contribution in [0, 0.1) is 19.8 Å². The first-order valence-electron chi connectivity index (χ1n) is 7.50. The highest BCUT2D eigenvalue weighted by atomic mass is 16.2. The molecule has 2 unspecified atom stereocenters. The zero-order valence-corrected chi connectivity index (χ0v) is 13.0. The summed E-state index contributed by atoms with van der Waals surface area (Å²) in [7, 11) is 1.88. The van der Waals surface area contributed by atoms with E-state index in [-0.39, 0.29) is 11.9 Å². The molecule has 1 saturated heterocycles. The van der Waals surface area contributed by atoms with Gasteiger partial charge in [-0.05, 0) is 32.6 Å². The minimum Gasteiger partial charge on any atom is -0.334 e. The number of likely N-dealkylation sites (tertiary alicyclic amines) is 1. The first-order chi connectivity index (χ1) is 9.49. The Hall–Kier alpha value is -1.36. The summed E-state index contributed by atoms with van der Waals surface area (Å²) in [6.07, 6.45) is 3.28. The van der Waals surface area contributed by atoms with Crippen LogP contribution < -0.4 is 5.73 Å². The Morgan fingerprint density at radius 2 is 2.15 bits per heavy atom. The van der Waals surface area contributed by atoms with Crippen molar-refractivity contribution in [3.63, 3.8) is 0 Å². The molecule has 2 heterocycles. The summed E-state index contributed by atoms with van der Waals surface area (Å²) >= 11 is 0. The van der Waals surface area contributed by atoms with Gasteiger partial charge in [0.05, 0.1) is 11.3 Å². The predicted molar refractivity (Wildman–Crippen MR) is 79.6 cm³/mol. The van der Waals surface area contributed by atoms with Crippen molar-refractivity contribution in [2.24, 2.45) is 18.7 Å². The smallest absolute Gasteiger partial charge is 0.257 e. The van der Waals surface area contributed by atoms with Crippen LogP contribution in [-0.4, -0.2) is 39.7 Å². The molecule has 2 rings (SSSR count). The molecule has 5 heteroatoms. The fourth-order valence-corrected chi connectivity index (χ4v) is 3.22. The quantitative estimate of drug-likeness (QED) is 0.914. The lowest BCUT2D eigenvalue weighted by molar-refractivity contribution is 0.0557. The molecular formula is C15H26N4O. The average molecular weight is 278 g/mol. The molecular weight excluding hydrogens is 252 g/mol. The van der Waals surface area contributed by atoms with Gasteiger partial charge in [-0.3, -0.25) is 9.48 Å². The van der Waals surface area contributed by atoms with E-state index >= 15 is 0 Å². The SMILES string of the molecule is CCC1CCN(C(=O)c2c(C)nn(C)c2C)C(CN)C1.